The van der Waals surface area contributed by atoms with E-state index in [9.17, 15) is 8.42 Å². The van der Waals surface area contributed by atoms with Gasteiger partial charge in [-0.15, -0.1) is 0 Å². The molecule has 1 aliphatic rings. The molecule has 12 heavy (non-hydrogen) atoms. The summed E-state index contributed by atoms with van der Waals surface area (Å²) in [6.45, 7) is 0. The van der Waals surface area contributed by atoms with Gasteiger partial charge >= 0.3 is 0 Å². The number of aromatic nitrogens is 2. The Hall–Kier alpha value is -0.550. The third-order valence-corrected chi connectivity index (χ3v) is 2.96. The Morgan fingerprint density at radius 1 is 1.58 bits per heavy atom. The highest BCUT2D eigenvalue weighted by Crippen LogP contribution is 2.36. The maximum atomic E-state index is 10.9. The number of rotatable bonds is 2. The predicted octanol–water partition coefficient (Wildman–Crippen LogP) is 1.15. The molecule has 2 rings (SSSR count). The number of halogens is 1. The first-order valence-electron chi connectivity index (χ1n) is 3.56. The maximum Gasteiger partial charge on any atom is 0.295 e. The molecule has 0 bridgehead atoms. The van der Waals surface area contributed by atoms with Gasteiger partial charge in [-0.2, -0.15) is 0 Å². The summed E-state index contributed by atoms with van der Waals surface area (Å²) in [7, 11) is 1.49. The SMILES string of the molecule is O=S(=O)(Cl)c1nccn1C1CC1. The van der Waals surface area contributed by atoms with Crippen LogP contribution >= 0.6 is 10.7 Å². The second kappa shape index (κ2) is 2.47. The fourth-order valence-electron chi connectivity index (χ4n) is 1.12. The molecule has 0 N–H and O–H groups in total. The van der Waals surface area contributed by atoms with E-state index in [0.717, 1.165) is 12.8 Å². The molecule has 1 aliphatic carbocycles. The topological polar surface area (TPSA) is 52.0 Å². The van der Waals surface area contributed by atoms with Gasteiger partial charge in [-0.05, 0) is 12.8 Å². The van der Waals surface area contributed by atoms with Gasteiger partial charge in [0, 0.05) is 29.1 Å². The van der Waals surface area contributed by atoms with Gasteiger partial charge in [0.05, 0.1) is 0 Å². The summed E-state index contributed by atoms with van der Waals surface area (Å²) in [4.78, 5) is 3.69. The monoisotopic (exact) mass is 206 g/mol. The molecule has 6 heteroatoms. The van der Waals surface area contributed by atoms with E-state index in [2.05, 4.69) is 4.98 Å². The Morgan fingerprint density at radius 2 is 2.25 bits per heavy atom. The van der Waals surface area contributed by atoms with Crippen LogP contribution in [0, 0.1) is 0 Å². The van der Waals surface area contributed by atoms with Crippen molar-refractivity contribution < 1.29 is 8.42 Å². The molecular weight excluding hydrogens is 200 g/mol. The number of nitrogens with zero attached hydrogens (tertiary/aromatic N) is 2. The van der Waals surface area contributed by atoms with Gasteiger partial charge in [0.25, 0.3) is 9.05 Å². The van der Waals surface area contributed by atoms with E-state index in [1.54, 1.807) is 10.8 Å². The summed E-state index contributed by atoms with van der Waals surface area (Å²) in [5.41, 5.74) is 0. The van der Waals surface area contributed by atoms with Crippen molar-refractivity contribution in [1.82, 2.24) is 9.55 Å². The lowest BCUT2D eigenvalue weighted by Gasteiger charge is -2.00. The van der Waals surface area contributed by atoms with Crippen molar-refractivity contribution in [3.63, 3.8) is 0 Å². The lowest BCUT2D eigenvalue weighted by molar-refractivity contribution is 0.578. The van der Waals surface area contributed by atoms with Crippen LogP contribution in [0.2, 0.25) is 0 Å². The highest BCUT2D eigenvalue weighted by atomic mass is 35.7. The van der Waals surface area contributed by atoms with E-state index < -0.39 is 9.05 Å². The van der Waals surface area contributed by atoms with Gasteiger partial charge in [0.15, 0.2) is 0 Å². The lowest BCUT2D eigenvalue weighted by Crippen LogP contribution is -2.03. The smallest absolute Gasteiger partial charge is 0.295 e. The van der Waals surface area contributed by atoms with E-state index in [1.165, 1.54) is 6.20 Å². The second-order valence-electron chi connectivity index (χ2n) is 2.79. The minimum absolute atomic E-state index is 0.0355. The first-order valence-corrected chi connectivity index (χ1v) is 5.87. The minimum atomic E-state index is -3.67. The zero-order valence-corrected chi connectivity index (χ0v) is 7.72. The summed E-state index contributed by atoms with van der Waals surface area (Å²) in [5, 5.41) is -0.0355. The quantitative estimate of drug-likeness (QED) is 0.682. The van der Waals surface area contributed by atoms with E-state index in [4.69, 9.17) is 10.7 Å². The number of hydrogen-bond donors (Lipinski definition) is 0. The zero-order valence-electron chi connectivity index (χ0n) is 6.14. The average molecular weight is 207 g/mol. The first-order chi connectivity index (χ1) is 5.59. The third kappa shape index (κ3) is 1.34. The molecule has 0 aromatic carbocycles. The largest absolute Gasteiger partial charge is 0.318 e. The molecule has 0 unspecified atom stereocenters. The Labute approximate surface area is 74.6 Å². The standard InChI is InChI=1S/C6H7ClN2O2S/c7-12(10,11)6-8-3-4-9(6)5-1-2-5/h3-5H,1-2H2. The Kier molecular flexibility index (Phi) is 1.66. The molecule has 66 valence electrons. The number of imidazole rings is 1. The van der Waals surface area contributed by atoms with E-state index in [1.807, 2.05) is 0 Å². The van der Waals surface area contributed by atoms with Crippen molar-refractivity contribution in [2.24, 2.45) is 0 Å². The van der Waals surface area contributed by atoms with Gasteiger partial charge in [-0.1, -0.05) is 0 Å². The van der Waals surface area contributed by atoms with Gasteiger partial charge in [0.2, 0.25) is 5.16 Å². The minimum Gasteiger partial charge on any atom is -0.318 e. The van der Waals surface area contributed by atoms with Gasteiger partial charge in [0.1, 0.15) is 0 Å². The molecule has 0 spiro atoms. The summed E-state index contributed by atoms with van der Waals surface area (Å²) in [6, 6.07) is 0.288. The Bertz CT molecular complexity index is 393. The fraction of sp³-hybridized carbons (Fsp3) is 0.500. The summed E-state index contributed by atoms with van der Waals surface area (Å²) in [5.74, 6) is 0. The maximum absolute atomic E-state index is 10.9. The van der Waals surface area contributed by atoms with Crippen LogP contribution in [0.4, 0.5) is 0 Å². The Balaban J connectivity index is 2.49. The zero-order chi connectivity index (χ0) is 8.77. The predicted molar refractivity (Wildman–Crippen MR) is 43.5 cm³/mol. The van der Waals surface area contributed by atoms with E-state index in [0.29, 0.717) is 0 Å². The molecule has 0 saturated heterocycles. The second-order valence-corrected chi connectivity index (χ2v) is 5.25. The Morgan fingerprint density at radius 3 is 2.75 bits per heavy atom. The molecule has 1 heterocycles. The molecule has 1 saturated carbocycles. The van der Waals surface area contributed by atoms with Crippen LogP contribution in [0.5, 0.6) is 0 Å². The summed E-state index contributed by atoms with van der Waals surface area (Å²) < 4.78 is 23.5. The fourth-order valence-corrected chi connectivity index (χ4v) is 2.13. The van der Waals surface area contributed by atoms with Crippen molar-refractivity contribution in [1.29, 1.82) is 0 Å². The van der Waals surface area contributed by atoms with Crippen molar-refractivity contribution in [3.05, 3.63) is 12.4 Å². The molecule has 1 aromatic heterocycles. The van der Waals surface area contributed by atoms with Crippen molar-refractivity contribution in [2.45, 2.75) is 24.0 Å². The average Bonchev–Trinajstić information content (AvgIpc) is 2.65. The van der Waals surface area contributed by atoms with Crippen LogP contribution in [-0.4, -0.2) is 18.0 Å². The highest BCUT2D eigenvalue weighted by Gasteiger charge is 2.29. The van der Waals surface area contributed by atoms with Crippen LogP contribution in [0.15, 0.2) is 17.6 Å². The van der Waals surface area contributed by atoms with Gasteiger partial charge < -0.3 is 4.57 Å². The van der Waals surface area contributed by atoms with Crippen LogP contribution in [-0.2, 0) is 9.05 Å². The third-order valence-electron chi connectivity index (χ3n) is 1.79. The molecule has 1 fully saturated rings. The van der Waals surface area contributed by atoms with Gasteiger partial charge in [-0.3, -0.25) is 0 Å². The van der Waals surface area contributed by atoms with Crippen molar-refractivity contribution >= 4 is 19.7 Å². The molecule has 0 amide bonds. The molecule has 1 aromatic rings. The van der Waals surface area contributed by atoms with Gasteiger partial charge in [-0.25, -0.2) is 13.4 Å². The van der Waals surface area contributed by atoms with E-state index >= 15 is 0 Å². The van der Waals surface area contributed by atoms with Crippen LogP contribution in [0.25, 0.3) is 0 Å². The molecule has 0 aliphatic heterocycles. The normalized spacial score (nSPS) is 18.1. The lowest BCUT2D eigenvalue weighted by atomic mass is 10.7. The van der Waals surface area contributed by atoms with Crippen molar-refractivity contribution in [3.8, 4) is 0 Å². The number of hydrogen-bond acceptors (Lipinski definition) is 3. The molecule has 4 nitrogen and oxygen atoms in total. The summed E-state index contributed by atoms with van der Waals surface area (Å²) in [6.07, 6.45) is 5.12. The highest BCUT2D eigenvalue weighted by molar-refractivity contribution is 8.13. The summed E-state index contributed by atoms with van der Waals surface area (Å²) >= 11 is 0. The first kappa shape index (κ1) is 8.07. The molecule has 0 atom stereocenters. The van der Waals surface area contributed by atoms with Crippen LogP contribution < -0.4 is 0 Å². The molecule has 0 radical (unpaired) electrons. The van der Waals surface area contributed by atoms with Crippen LogP contribution in [0.1, 0.15) is 18.9 Å². The van der Waals surface area contributed by atoms with Crippen molar-refractivity contribution in [2.75, 3.05) is 0 Å². The molecular formula is C6H7ClN2O2S. The van der Waals surface area contributed by atoms with E-state index in [-0.39, 0.29) is 11.2 Å². The van der Waals surface area contributed by atoms with Crippen LogP contribution in [0.3, 0.4) is 0 Å².